The van der Waals surface area contributed by atoms with Gasteiger partial charge in [0.2, 0.25) is 0 Å². The Morgan fingerprint density at radius 1 is 1.55 bits per heavy atom. The molecule has 3 N–H and O–H groups in total. The van der Waals surface area contributed by atoms with Crippen LogP contribution >= 0.6 is 0 Å². The molecule has 0 aromatic carbocycles. The summed E-state index contributed by atoms with van der Waals surface area (Å²) in [6.45, 7) is 1.71. The fraction of sp³-hybridized carbons (Fsp3) is 1.00. The van der Waals surface area contributed by atoms with Gasteiger partial charge in [-0.25, -0.2) is 0 Å². The molecule has 11 heavy (non-hydrogen) atoms. The molecule has 3 heteroatoms. The van der Waals surface area contributed by atoms with E-state index < -0.39 is 0 Å². The highest BCUT2D eigenvalue weighted by Gasteiger charge is 2.38. The van der Waals surface area contributed by atoms with Crippen molar-refractivity contribution in [2.75, 3.05) is 26.7 Å². The highest BCUT2D eigenvalue weighted by molar-refractivity contribution is 4.97. The third-order valence-corrected chi connectivity index (χ3v) is 2.91. The van der Waals surface area contributed by atoms with Crippen LogP contribution in [0.25, 0.3) is 0 Å². The molecule has 0 saturated heterocycles. The minimum Gasteiger partial charge on any atom is -0.395 e. The van der Waals surface area contributed by atoms with Crippen molar-refractivity contribution in [2.24, 2.45) is 5.73 Å². The lowest BCUT2D eigenvalue weighted by atomic mass is 9.75. The predicted octanol–water partition coefficient (Wildman–Crippen LogP) is -0.208. The van der Waals surface area contributed by atoms with Gasteiger partial charge in [0, 0.05) is 18.6 Å². The largest absolute Gasteiger partial charge is 0.395 e. The van der Waals surface area contributed by atoms with Crippen molar-refractivity contribution in [3.63, 3.8) is 0 Å². The molecule has 0 radical (unpaired) electrons. The Hall–Kier alpha value is -0.120. The molecule has 0 heterocycles. The van der Waals surface area contributed by atoms with Gasteiger partial charge in [0.1, 0.15) is 0 Å². The minimum atomic E-state index is 0.225. The smallest absolute Gasteiger partial charge is 0.0558 e. The van der Waals surface area contributed by atoms with Crippen LogP contribution in [0, 0.1) is 0 Å². The van der Waals surface area contributed by atoms with Gasteiger partial charge in [0.05, 0.1) is 6.61 Å². The quantitative estimate of drug-likeness (QED) is 0.595. The molecule has 1 aliphatic carbocycles. The lowest BCUT2D eigenvalue weighted by Gasteiger charge is -2.48. The number of rotatable bonds is 4. The van der Waals surface area contributed by atoms with Crippen molar-refractivity contribution in [1.82, 2.24) is 4.90 Å². The molecule has 0 aromatic heterocycles. The number of aliphatic hydroxyl groups excluding tert-OH is 1. The van der Waals surface area contributed by atoms with E-state index in [1.807, 2.05) is 7.05 Å². The van der Waals surface area contributed by atoms with E-state index in [2.05, 4.69) is 4.90 Å². The molecule has 0 bridgehead atoms. The molecule has 1 saturated carbocycles. The van der Waals surface area contributed by atoms with Crippen LogP contribution in [0.5, 0.6) is 0 Å². The van der Waals surface area contributed by atoms with Gasteiger partial charge < -0.3 is 10.8 Å². The molecular weight excluding hydrogens is 140 g/mol. The summed E-state index contributed by atoms with van der Waals surface area (Å²) < 4.78 is 0. The highest BCUT2D eigenvalue weighted by atomic mass is 16.3. The Kier molecular flexibility index (Phi) is 2.87. The predicted molar refractivity (Wildman–Crippen MR) is 45.4 cm³/mol. The first-order valence-corrected chi connectivity index (χ1v) is 4.27. The van der Waals surface area contributed by atoms with Crippen LogP contribution in [0.1, 0.15) is 19.3 Å². The molecule has 0 spiro atoms. The summed E-state index contributed by atoms with van der Waals surface area (Å²) in [6, 6.07) is 0. The van der Waals surface area contributed by atoms with Crippen LogP contribution in [-0.2, 0) is 0 Å². The maximum atomic E-state index is 8.73. The number of likely N-dealkylation sites (N-methyl/N-ethyl adjacent to an activating group) is 1. The van der Waals surface area contributed by atoms with Crippen LogP contribution < -0.4 is 5.73 Å². The van der Waals surface area contributed by atoms with Crippen molar-refractivity contribution in [3.8, 4) is 0 Å². The fourth-order valence-electron chi connectivity index (χ4n) is 1.71. The van der Waals surface area contributed by atoms with Gasteiger partial charge in [-0.1, -0.05) is 0 Å². The lowest BCUT2D eigenvalue weighted by Crippen LogP contribution is -2.57. The van der Waals surface area contributed by atoms with Gasteiger partial charge in [-0.2, -0.15) is 0 Å². The molecule has 0 unspecified atom stereocenters. The molecule has 66 valence electrons. The molecule has 1 rings (SSSR count). The number of nitrogens with two attached hydrogens (primary N) is 1. The second-order valence-electron chi connectivity index (χ2n) is 3.43. The van der Waals surface area contributed by atoms with Gasteiger partial charge in [-0.05, 0) is 26.3 Å². The summed E-state index contributed by atoms with van der Waals surface area (Å²) in [4.78, 5) is 2.19. The summed E-state index contributed by atoms with van der Waals surface area (Å²) >= 11 is 0. The van der Waals surface area contributed by atoms with E-state index in [4.69, 9.17) is 10.8 Å². The summed E-state index contributed by atoms with van der Waals surface area (Å²) in [5, 5.41) is 8.73. The summed E-state index contributed by atoms with van der Waals surface area (Å²) in [6.07, 6.45) is 3.67. The summed E-state index contributed by atoms with van der Waals surface area (Å²) in [7, 11) is 2.04. The van der Waals surface area contributed by atoms with Crippen LogP contribution in [0.2, 0.25) is 0 Å². The third-order valence-electron chi connectivity index (χ3n) is 2.91. The van der Waals surface area contributed by atoms with Gasteiger partial charge >= 0.3 is 0 Å². The van der Waals surface area contributed by atoms with Gasteiger partial charge in [-0.3, -0.25) is 4.90 Å². The van der Waals surface area contributed by atoms with Crippen LogP contribution in [0.3, 0.4) is 0 Å². The Bertz CT molecular complexity index is 118. The fourth-order valence-corrected chi connectivity index (χ4v) is 1.71. The van der Waals surface area contributed by atoms with Crippen LogP contribution in [-0.4, -0.2) is 42.3 Å². The van der Waals surface area contributed by atoms with Crippen LogP contribution in [0.15, 0.2) is 0 Å². The molecule has 1 aliphatic rings. The molecule has 3 nitrogen and oxygen atoms in total. The number of nitrogens with zero attached hydrogens (tertiary/aromatic N) is 1. The average Bonchev–Trinajstić information content (AvgIpc) is 1.87. The SMILES string of the molecule is CN(CCO)C1(CN)CCC1. The van der Waals surface area contributed by atoms with E-state index in [0.717, 1.165) is 13.1 Å². The van der Waals surface area contributed by atoms with Crippen molar-refractivity contribution >= 4 is 0 Å². The topological polar surface area (TPSA) is 49.5 Å². The lowest BCUT2D eigenvalue weighted by molar-refractivity contribution is 0.0335. The number of β-amino-alcohol motifs (C(OH)–C–C–N with tert-alkyl or cyclic N) is 1. The van der Waals surface area contributed by atoms with E-state index in [9.17, 15) is 0 Å². The molecule has 0 aromatic rings. The first kappa shape index (κ1) is 8.97. The van der Waals surface area contributed by atoms with Crippen molar-refractivity contribution in [1.29, 1.82) is 0 Å². The molecule has 0 amide bonds. The molecule has 0 aliphatic heterocycles. The Morgan fingerprint density at radius 2 is 2.18 bits per heavy atom. The average molecular weight is 158 g/mol. The zero-order chi connectivity index (χ0) is 8.32. The molecule has 0 atom stereocenters. The van der Waals surface area contributed by atoms with E-state index in [-0.39, 0.29) is 12.1 Å². The first-order chi connectivity index (χ1) is 5.25. The van der Waals surface area contributed by atoms with Gasteiger partial charge in [-0.15, -0.1) is 0 Å². The van der Waals surface area contributed by atoms with Crippen molar-refractivity contribution in [3.05, 3.63) is 0 Å². The maximum absolute atomic E-state index is 8.73. The Morgan fingerprint density at radius 3 is 2.45 bits per heavy atom. The second-order valence-corrected chi connectivity index (χ2v) is 3.43. The van der Waals surface area contributed by atoms with Gasteiger partial charge in [0.15, 0.2) is 0 Å². The van der Waals surface area contributed by atoms with E-state index in [1.165, 1.54) is 19.3 Å². The zero-order valence-corrected chi connectivity index (χ0v) is 7.21. The van der Waals surface area contributed by atoms with E-state index >= 15 is 0 Å². The van der Waals surface area contributed by atoms with E-state index in [1.54, 1.807) is 0 Å². The number of hydrogen-bond acceptors (Lipinski definition) is 3. The highest BCUT2D eigenvalue weighted by Crippen LogP contribution is 2.35. The Labute approximate surface area is 68.2 Å². The van der Waals surface area contributed by atoms with Crippen molar-refractivity contribution < 1.29 is 5.11 Å². The number of hydrogen-bond donors (Lipinski definition) is 2. The number of aliphatic hydroxyl groups is 1. The summed E-state index contributed by atoms with van der Waals surface area (Å²) in [5.74, 6) is 0. The second kappa shape index (κ2) is 3.52. The minimum absolute atomic E-state index is 0.225. The van der Waals surface area contributed by atoms with Crippen LogP contribution in [0.4, 0.5) is 0 Å². The third kappa shape index (κ3) is 1.55. The van der Waals surface area contributed by atoms with Crippen molar-refractivity contribution in [2.45, 2.75) is 24.8 Å². The standard InChI is InChI=1S/C8H18N2O/c1-10(5-6-11)8(7-9)3-2-4-8/h11H,2-7,9H2,1H3. The first-order valence-electron chi connectivity index (χ1n) is 4.27. The summed E-state index contributed by atoms with van der Waals surface area (Å²) in [5.41, 5.74) is 5.90. The van der Waals surface area contributed by atoms with Gasteiger partial charge in [0.25, 0.3) is 0 Å². The monoisotopic (exact) mass is 158 g/mol. The molecule has 1 fully saturated rings. The molecular formula is C8H18N2O. The normalized spacial score (nSPS) is 21.8. The Balaban J connectivity index is 2.40. The van der Waals surface area contributed by atoms with E-state index in [0.29, 0.717) is 0 Å². The zero-order valence-electron chi connectivity index (χ0n) is 7.21. The maximum Gasteiger partial charge on any atom is 0.0558 e.